The summed E-state index contributed by atoms with van der Waals surface area (Å²) in [7, 11) is 1.50. The summed E-state index contributed by atoms with van der Waals surface area (Å²) < 4.78 is 11.4. The van der Waals surface area contributed by atoms with Gasteiger partial charge < -0.3 is 29.4 Å². The van der Waals surface area contributed by atoms with Crippen LogP contribution in [0.3, 0.4) is 0 Å². The lowest BCUT2D eigenvalue weighted by molar-refractivity contribution is -0.128. The molecule has 8 heteroatoms. The molecule has 6 rings (SSSR count). The van der Waals surface area contributed by atoms with Crippen molar-refractivity contribution in [3.05, 3.63) is 101 Å². The molecule has 0 aliphatic carbocycles. The molecule has 1 aromatic heterocycles. The predicted octanol–water partition coefficient (Wildman–Crippen LogP) is 5.28. The molecule has 0 radical (unpaired) electrons. The molecular formula is C32H31N3O5. The van der Waals surface area contributed by atoms with Crippen molar-refractivity contribution in [2.24, 2.45) is 0 Å². The third-order valence-electron chi connectivity index (χ3n) is 7.67. The first-order chi connectivity index (χ1) is 19.5. The fourth-order valence-electron chi connectivity index (χ4n) is 5.54. The van der Waals surface area contributed by atoms with Gasteiger partial charge in [0.15, 0.2) is 0 Å². The summed E-state index contributed by atoms with van der Waals surface area (Å²) in [5.41, 5.74) is 6.56. The summed E-state index contributed by atoms with van der Waals surface area (Å²) in [6.07, 6.45) is 4.12. The molecule has 2 amide bonds. The van der Waals surface area contributed by atoms with Crippen LogP contribution in [0.2, 0.25) is 0 Å². The number of nitrogens with zero attached hydrogens (tertiary/aromatic N) is 2. The number of ether oxygens (including phenoxy) is 2. The van der Waals surface area contributed by atoms with E-state index in [-0.39, 0.29) is 25.1 Å². The Morgan fingerprint density at radius 1 is 1.12 bits per heavy atom. The smallest absolute Gasteiger partial charge is 0.407 e. The zero-order chi connectivity index (χ0) is 27.6. The number of rotatable bonds is 7. The first kappa shape index (κ1) is 25.6. The second kappa shape index (κ2) is 10.8. The Balaban J connectivity index is 1.23. The highest BCUT2D eigenvalue weighted by atomic mass is 16.5. The van der Waals surface area contributed by atoms with Gasteiger partial charge in [0.2, 0.25) is 5.91 Å². The van der Waals surface area contributed by atoms with Crippen molar-refractivity contribution in [3.8, 4) is 11.5 Å². The maximum Gasteiger partial charge on any atom is 0.407 e. The quantitative estimate of drug-likeness (QED) is 0.313. The molecule has 4 aromatic rings. The minimum Gasteiger partial charge on any atom is -0.493 e. The first-order valence-electron chi connectivity index (χ1n) is 13.5. The molecule has 40 heavy (non-hydrogen) atoms. The van der Waals surface area contributed by atoms with E-state index in [0.29, 0.717) is 18.9 Å². The Morgan fingerprint density at radius 2 is 1.95 bits per heavy atom. The second-order valence-electron chi connectivity index (χ2n) is 10.2. The van der Waals surface area contributed by atoms with Crippen molar-refractivity contribution < 1.29 is 24.2 Å². The fraction of sp³-hybridized carbons (Fsp3) is 0.250. The highest BCUT2D eigenvalue weighted by molar-refractivity contribution is 5.93. The number of likely N-dealkylation sites (N-methyl/N-ethyl adjacent to an activating group) is 1. The second-order valence-corrected chi connectivity index (χ2v) is 10.2. The van der Waals surface area contributed by atoms with Gasteiger partial charge >= 0.3 is 6.09 Å². The first-order valence-corrected chi connectivity index (χ1v) is 13.5. The van der Waals surface area contributed by atoms with Crippen molar-refractivity contribution in [2.45, 2.75) is 18.9 Å². The Kier molecular flexibility index (Phi) is 6.90. The molecule has 2 aliphatic rings. The lowest BCUT2D eigenvalue weighted by Gasteiger charge is -2.36. The van der Waals surface area contributed by atoms with Gasteiger partial charge in [0, 0.05) is 42.7 Å². The van der Waals surface area contributed by atoms with Gasteiger partial charge in [-0.25, -0.2) is 4.79 Å². The topological polar surface area (TPSA) is 95.1 Å². The third kappa shape index (κ3) is 5.00. The molecule has 0 fully saturated rings. The van der Waals surface area contributed by atoms with E-state index in [1.807, 2.05) is 47.4 Å². The number of aromatic amines is 1. The Labute approximate surface area is 232 Å². The molecule has 3 heterocycles. The molecule has 0 saturated carbocycles. The Bertz CT molecular complexity index is 1590. The lowest BCUT2D eigenvalue weighted by atomic mass is 9.91. The number of benzene rings is 3. The minimum atomic E-state index is -0.990. The minimum absolute atomic E-state index is 0.0527. The summed E-state index contributed by atoms with van der Waals surface area (Å²) in [5, 5.41) is 10.2. The summed E-state index contributed by atoms with van der Waals surface area (Å²) >= 11 is 0. The van der Waals surface area contributed by atoms with E-state index in [4.69, 9.17) is 14.6 Å². The molecule has 0 bridgehead atoms. The summed E-state index contributed by atoms with van der Waals surface area (Å²) in [4.78, 5) is 31.3. The molecule has 0 saturated heterocycles. The van der Waals surface area contributed by atoms with E-state index in [1.54, 1.807) is 6.08 Å². The van der Waals surface area contributed by atoms with Crippen LogP contribution < -0.4 is 9.47 Å². The van der Waals surface area contributed by atoms with Crippen LogP contribution in [-0.4, -0.2) is 65.2 Å². The van der Waals surface area contributed by atoms with Crippen LogP contribution in [0.15, 0.2) is 72.8 Å². The summed E-state index contributed by atoms with van der Waals surface area (Å²) in [6, 6.07) is 21.8. The molecule has 2 N–H and O–H groups in total. The number of nitrogens with one attached hydrogen (secondary N) is 1. The molecular weight excluding hydrogens is 506 g/mol. The van der Waals surface area contributed by atoms with Crippen molar-refractivity contribution in [1.29, 1.82) is 0 Å². The van der Waals surface area contributed by atoms with Gasteiger partial charge in [0.25, 0.3) is 0 Å². The molecule has 0 spiro atoms. The molecule has 0 unspecified atom stereocenters. The number of carbonyl (C=O) groups is 2. The number of hydrogen-bond acceptors (Lipinski definition) is 4. The van der Waals surface area contributed by atoms with Gasteiger partial charge in [0.1, 0.15) is 18.1 Å². The largest absolute Gasteiger partial charge is 0.493 e. The van der Waals surface area contributed by atoms with E-state index in [1.165, 1.54) is 28.5 Å². The monoisotopic (exact) mass is 537 g/mol. The third-order valence-corrected chi connectivity index (χ3v) is 7.67. The average molecular weight is 538 g/mol. The standard InChI is InChI=1S/C32H31N3O5/c1-34(32(37)38)17-19-39-24-10-6-21(7-11-24)8-13-29(36)35-16-14-26-25-4-2-3-5-27(25)33-30(26)31(35)23-9-12-28-22(20-23)15-18-40-28/h2-13,20,31,33H,14-19H2,1H3,(H,37,38)/b13-8+/t31-/m1/s1. The lowest BCUT2D eigenvalue weighted by Crippen LogP contribution is -2.39. The van der Waals surface area contributed by atoms with E-state index in [2.05, 4.69) is 35.3 Å². The Hall–Kier alpha value is -4.72. The van der Waals surface area contributed by atoms with Crippen molar-refractivity contribution in [2.75, 3.05) is 33.4 Å². The zero-order valence-corrected chi connectivity index (χ0v) is 22.3. The zero-order valence-electron chi connectivity index (χ0n) is 22.3. The maximum atomic E-state index is 13.7. The van der Waals surface area contributed by atoms with Crippen LogP contribution in [0, 0.1) is 0 Å². The number of amides is 2. The van der Waals surface area contributed by atoms with Gasteiger partial charge in [-0.2, -0.15) is 0 Å². The van der Waals surface area contributed by atoms with Gasteiger partial charge in [-0.1, -0.05) is 36.4 Å². The van der Waals surface area contributed by atoms with E-state index in [0.717, 1.165) is 40.9 Å². The molecule has 8 nitrogen and oxygen atoms in total. The van der Waals surface area contributed by atoms with Crippen molar-refractivity contribution in [3.63, 3.8) is 0 Å². The van der Waals surface area contributed by atoms with Gasteiger partial charge in [-0.15, -0.1) is 0 Å². The summed E-state index contributed by atoms with van der Waals surface area (Å²) in [6.45, 7) is 1.85. The number of carbonyl (C=O) groups excluding carboxylic acids is 1. The molecule has 204 valence electrons. The van der Waals surface area contributed by atoms with E-state index >= 15 is 0 Å². The highest BCUT2D eigenvalue weighted by Gasteiger charge is 2.34. The van der Waals surface area contributed by atoms with Crippen LogP contribution in [0.1, 0.15) is 34.0 Å². The van der Waals surface area contributed by atoms with Crippen LogP contribution in [0.4, 0.5) is 4.79 Å². The number of hydrogen-bond donors (Lipinski definition) is 2. The number of aromatic nitrogens is 1. The molecule has 3 aromatic carbocycles. The van der Waals surface area contributed by atoms with Crippen LogP contribution in [0.25, 0.3) is 17.0 Å². The number of carboxylic acid groups (broad SMARTS) is 1. The van der Waals surface area contributed by atoms with E-state index in [9.17, 15) is 9.59 Å². The number of fused-ring (bicyclic) bond motifs is 4. The van der Waals surface area contributed by atoms with E-state index < -0.39 is 6.09 Å². The van der Waals surface area contributed by atoms with Crippen LogP contribution in [0.5, 0.6) is 11.5 Å². The van der Waals surface area contributed by atoms with Crippen LogP contribution >= 0.6 is 0 Å². The SMILES string of the molecule is CN(CCOc1ccc(/C=C/C(=O)N2CCc3c([nH]c4ccccc34)[C@H]2c2ccc3c(c2)CCO3)cc1)C(=O)O. The van der Waals surface area contributed by atoms with Gasteiger partial charge in [-0.3, -0.25) is 4.79 Å². The van der Waals surface area contributed by atoms with Crippen LogP contribution in [-0.2, 0) is 17.6 Å². The molecule has 2 aliphatic heterocycles. The maximum absolute atomic E-state index is 13.7. The van der Waals surface area contributed by atoms with Gasteiger partial charge in [0.05, 0.1) is 19.2 Å². The number of para-hydroxylation sites is 1. The predicted molar refractivity (Wildman–Crippen MR) is 153 cm³/mol. The normalized spacial score (nSPS) is 16.0. The van der Waals surface area contributed by atoms with Gasteiger partial charge in [-0.05, 0) is 65.1 Å². The number of H-pyrrole nitrogens is 1. The summed E-state index contributed by atoms with van der Waals surface area (Å²) in [5.74, 6) is 1.52. The average Bonchev–Trinajstić information content (AvgIpc) is 3.60. The Morgan fingerprint density at radius 3 is 2.77 bits per heavy atom. The molecule has 1 atom stereocenters. The fourth-order valence-corrected chi connectivity index (χ4v) is 5.54. The van der Waals surface area contributed by atoms with Crippen molar-refractivity contribution >= 4 is 29.0 Å². The van der Waals surface area contributed by atoms with Crippen molar-refractivity contribution in [1.82, 2.24) is 14.8 Å². The highest BCUT2D eigenvalue weighted by Crippen LogP contribution is 2.40.